The SMILES string of the molecule is C/C=C(\C=C(/C)F)n1ncc(-c2onc(-c3ccc(Cl)c(Cl)c3)c2C(=O)OCC)c1C(F)(F)F. The highest BCUT2D eigenvalue weighted by molar-refractivity contribution is 6.42. The summed E-state index contributed by atoms with van der Waals surface area (Å²) in [6, 6.07) is 4.29. The van der Waals surface area contributed by atoms with Crippen molar-refractivity contribution in [3.63, 3.8) is 0 Å². The van der Waals surface area contributed by atoms with Gasteiger partial charge < -0.3 is 9.26 Å². The summed E-state index contributed by atoms with van der Waals surface area (Å²) >= 11 is 12.0. The van der Waals surface area contributed by atoms with E-state index >= 15 is 0 Å². The van der Waals surface area contributed by atoms with Gasteiger partial charge in [-0.15, -0.1) is 0 Å². The van der Waals surface area contributed by atoms with Crippen LogP contribution < -0.4 is 0 Å². The van der Waals surface area contributed by atoms with Crippen LogP contribution in [0.2, 0.25) is 10.0 Å². The lowest BCUT2D eigenvalue weighted by Crippen LogP contribution is -2.15. The Morgan fingerprint density at radius 1 is 1.26 bits per heavy atom. The van der Waals surface area contributed by atoms with Crippen molar-refractivity contribution >= 4 is 34.9 Å². The van der Waals surface area contributed by atoms with Gasteiger partial charge in [-0.25, -0.2) is 13.9 Å². The lowest BCUT2D eigenvalue weighted by atomic mass is 10.0. The number of hydrogen-bond acceptors (Lipinski definition) is 5. The number of carbonyl (C=O) groups excluding carboxylic acids is 1. The summed E-state index contributed by atoms with van der Waals surface area (Å²) in [6.45, 7) is 3.99. The Hall–Kier alpha value is -3.11. The number of nitrogens with zero attached hydrogens (tertiary/aromatic N) is 3. The third kappa shape index (κ3) is 5.02. The smallest absolute Gasteiger partial charge is 0.434 e. The fraction of sp³-hybridized carbons (Fsp3) is 0.227. The number of carbonyl (C=O) groups is 1. The molecule has 0 aliphatic carbocycles. The van der Waals surface area contributed by atoms with E-state index in [0.717, 1.165) is 19.2 Å². The van der Waals surface area contributed by atoms with Gasteiger partial charge in [0, 0.05) is 5.56 Å². The first-order chi connectivity index (χ1) is 16.0. The highest BCUT2D eigenvalue weighted by Gasteiger charge is 2.42. The van der Waals surface area contributed by atoms with E-state index in [-0.39, 0.29) is 39.2 Å². The van der Waals surface area contributed by atoms with Gasteiger partial charge in [0.15, 0.2) is 11.5 Å². The Balaban J connectivity index is 2.32. The number of hydrogen-bond donors (Lipinski definition) is 0. The topological polar surface area (TPSA) is 70.2 Å². The molecular formula is C22H17Cl2F4N3O3. The van der Waals surface area contributed by atoms with Crippen molar-refractivity contribution in [1.29, 1.82) is 0 Å². The van der Waals surface area contributed by atoms with Gasteiger partial charge in [-0.05, 0) is 39.0 Å². The van der Waals surface area contributed by atoms with Gasteiger partial charge in [0.1, 0.15) is 11.3 Å². The molecule has 12 heteroatoms. The number of esters is 1. The number of aromatic nitrogens is 3. The Morgan fingerprint density at radius 3 is 2.53 bits per heavy atom. The first-order valence-corrected chi connectivity index (χ1v) is 10.5. The predicted octanol–water partition coefficient (Wildman–Crippen LogP) is 7.44. The van der Waals surface area contributed by atoms with Gasteiger partial charge in [0.05, 0.1) is 39.9 Å². The molecule has 3 rings (SSSR count). The maximum atomic E-state index is 14.2. The van der Waals surface area contributed by atoms with Gasteiger partial charge in [-0.2, -0.15) is 18.3 Å². The van der Waals surface area contributed by atoms with Gasteiger partial charge in [-0.3, -0.25) is 0 Å². The van der Waals surface area contributed by atoms with Crippen LogP contribution in [0.5, 0.6) is 0 Å². The van der Waals surface area contributed by atoms with Crippen LogP contribution in [0.3, 0.4) is 0 Å². The van der Waals surface area contributed by atoms with Crippen LogP contribution in [0.15, 0.2) is 46.9 Å². The Morgan fingerprint density at radius 2 is 1.97 bits per heavy atom. The van der Waals surface area contributed by atoms with Crippen molar-refractivity contribution in [2.75, 3.05) is 6.61 Å². The summed E-state index contributed by atoms with van der Waals surface area (Å²) in [5.41, 5.74) is -2.25. The molecule has 1 aromatic carbocycles. The number of alkyl halides is 3. The minimum atomic E-state index is -4.96. The molecule has 2 aromatic heterocycles. The number of ether oxygens (including phenoxy) is 1. The van der Waals surface area contributed by atoms with E-state index in [1.54, 1.807) is 0 Å². The molecular weight excluding hydrogens is 501 g/mol. The lowest BCUT2D eigenvalue weighted by Gasteiger charge is -2.13. The summed E-state index contributed by atoms with van der Waals surface area (Å²) in [5, 5.41) is 7.95. The minimum Gasteiger partial charge on any atom is -0.462 e. The maximum Gasteiger partial charge on any atom is 0.434 e. The molecule has 6 nitrogen and oxygen atoms in total. The predicted molar refractivity (Wildman–Crippen MR) is 119 cm³/mol. The highest BCUT2D eigenvalue weighted by atomic mass is 35.5. The second kappa shape index (κ2) is 10.0. The van der Waals surface area contributed by atoms with Crippen molar-refractivity contribution in [1.82, 2.24) is 14.9 Å². The molecule has 0 unspecified atom stereocenters. The molecule has 0 aliphatic rings. The molecule has 0 atom stereocenters. The van der Waals surface area contributed by atoms with Gasteiger partial charge in [0.25, 0.3) is 0 Å². The fourth-order valence-electron chi connectivity index (χ4n) is 3.16. The summed E-state index contributed by atoms with van der Waals surface area (Å²) in [6.07, 6.45) is -1.96. The molecule has 0 aliphatic heterocycles. The third-order valence-electron chi connectivity index (χ3n) is 4.53. The van der Waals surface area contributed by atoms with Crippen LogP contribution in [-0.4, -0.2) is 27.5 Å². The summed E-state index contributed by atoms with van der Waals surface area (Å²) in [7, 11) is 0. The normalized spacial score (nSPS) is 12.9. The average molecular weight is 518 g/mol. The zero-order chi connectivity index (χ0) is 25.2. The molecule has 0 radical (unpaired) electrons. The van der Waals surface area contributed by atoms with E-state index in [1.807, 2.05) is 0 Å². The van der Waals surface area contributed by atoms with Crippen molar-refractivity contribution < 1.29 is 31.6 Å². The monoisotopic (exact) mass is 517 g/mol. The first-order valence-electron chi connectivity index (χ1n) is 9.77. The molecule has 0 saturated heterocycles. The van der Waals surface area contributed by atoms with E-state index in [9.17, 15) is 22.4 Å². The van der Waals surface area contributed by atoms with E-state index < -0.39 is 35.0 Å². The molecule has 2 heterocycles. The van der Waals surface area contributed by atoms with Crippen molar-refractivity contribution in [3.8, 4) is 22.6 Å². The minimum absolute atomic E-state index is 0.0566. The molecule has 0 bridgehead atoms. The van der Waals surface area contributed by atoms with Crippen LogP contribution in [0.1, 0.15) is 36.8 Å². The van der Waals surface area contributed by atoms with Crippen LogP contribution in [-0.2, 0) is 10.9 Å². The lowest BCUT2D eigenvalue weighted by molar-refractivity contribution is -0.142. The Bertz CT molecular complexity index is 1290. The van der Waals surface area contributed by atoms with E-state index in [4.69, 9.17) is 32.5 Å². The number of allylic oxidation sites excluding steroid dienone is 4. The first kappa shape index (κ1) is 25.5. The Labute approximate surface area is 201 Å². The molecule has 3 aromatic rings. The van der Waals surface area contributed by atoms with Crippen molar-refractivity contribution in [2.45, 2.75) is 26.9 Å². The standard InChI is InChI=1S/C22H17Cl2F4N3O3/c1-4-13(8-11(3)25)31-20(22(26,27)28)14(10-29-31)19-17(21(32)33-5-2)18(30-34-19)12-6-7-15(23)16(24)9-12/h4,6-10H,5H2,1-3H3/b11-8+,13-4+. The van der Waals surface area contributed by atoms with Crippen LogP contribution >= 0.6 is 23.2 Å². The zero-order valence-corrected chi connectivity index (χ0v) is 19.5. The van der Waals surface area contributed by atoms with Crippen LogP contribution in [0.4, 0.5) is 17.6 Å². The van der Waals surface area contributed by atoms with Crippen LogP contribution in [0.25, 0.3) is 28.3 Å². The third-order valence-corrected chi connectivity index (χ3v) is 5.27. The van der Waals surface area contributed by atoms with Crippen LogP contribution in [0, 0.1) is 0 Å². The second-order valence-corrected chi connectivity index (χ2v) is 7.66. The molecule has 180 valence electrons. The van der Waals surface area contributed by atoms with E-state index in [2.05, 4.69) is 10.3 Å². The fourth-order valence-corrected chi connectivity index (χ4v) is 3.46. The van der Waals surface area contributed by atoms with E-state index in [1.165, 1.54) is 38.1 Å². The molecule has 0 spiro atoms. The quantitative estimate of drug-likeness (QED) is 0.193. The zero-order valence-electron chi connectivity index (χ0n) is 18.0. The number of rotatable bonds is 6. The maximum absolute atomic E-state index is 14.2. The molecule has 34 heavy (non-hydrogen) atoms. The summed E-state index contributed by atoms with van der Waals surface area (Å²) in [4.78, 5) is 12.8. The second-order valence-electron chi connectivity index (χ2n) is 6.85. The molecule has 0 fully saturated rings. The Kier molecular flexibility index (Phi) is 7.52. The van der Waals surface area contributed by atoms with Crippen molar-refractivity contribution in [3.05, 3.63) is 63.7 Å². The molecule has 0 saturated carbocycles. The number of halogens is 6. The summed E-state index contributed by atoms with van der Waals surface area (Å²) < 4.78 is 66.7. The van der Waals surface area contributed by atoms with Gasteiger partial charge in [-0.1, -0.05) is 40.5 Å². The van der Waals surface area contributed by atoms with E-state index in [0.29, 0.717) is 4.68 Å². The average Bonchev–Trinajstić information content (AvgIpc) is 3.38. The largest absolute Gasteiger partial charge is 0.462 e. The number of benzene rings is 1. The molecule has 0 amide bonds. The molecule has 0 N–H and O–H groups in total. The van der Waals surface area contributed by atoms with Crippen molar-refractivity contribution in [2.24, 2.45) is 0 Å². The highest BCUT2D eigenvalue weighted by Crippen LogP contribution is 2.42. The van der Waals surface area contributed by atoms with Gasteiger partial charge in [0.2, 0.25) is 0 Å². The summed E-state index contributed by atoms with van der Waals surface area (Å²) in [5.74, 6) is -2.21. The van der Waals surface area contributed by atoms with Gasteiger partial charge >= 0.3 is 12.1 Å².